The van der Waals surface area contributed by atoms with E-state index in [1.54, 1.807) is 42.7 Å². The standard InChI is InChI=1S/C24H34ClN5O7S/c1-23(2,3)37-22(33)30-10-6-15(7-11-30)24(19(31)27-21(32)28-24)20(38(34)35)29-12-8-17(9-13-29)36-18-5-4-16(25)14-26-18/h4-5,14-15,17,20H,6-13H2,1-3H3,(H,34,35)(H2,27,28,31,32). The van der Waals surface area contributed by atoms with Crippen LogP contribution in [0.3, 0.4) is 0 Å². The Hall–Kier alpha value is -2.48. The summed E-state index contributed by atoms with van der Waals surface area (Å²) in [5, 5.41) is 4.32. The highest BCUT2D eigenvalue weighted by molar-refractivity contribution is 7.80. The monoisotopic (exact) mass is 571 g/mol. The van der Waals surface area contributed by atoms with Gasteiger partial charge in [-0.15, -0.1) is 0 Å². The van der Waals surface area contributed by atoms with Crippen LogP contribution in [0.1, 0.15) is 46.5 Å². The molecule has 0 aromatic carbocycles. The normalized spacial score (nSPS) is 25.4. The fourth-order valence-electron chi connectivity index (χ4n) is 5.39. The quantitative estimate of drug-likeness (QED) is 0.345. The minimum Gasteiger partial charge on any atom is -0.474 e. The number of hydrogen-bond donors (Lipinski definition) is 3. The summed E-state index contributed by atoms with van der Waals surface area (Å²) in [5.41, 5.74) is -2.27. The SMILES string of the molecule is CC(C)(C)OC(=O)N1CCC(C2(C(N3CCC(Oc4ccc(Cl)cn4)CC3)S(=O)O)NC(=O)NC2=O)CC1. The number of rotatable bonds is 6. The van der Waals surface area contributed by atoms with E-state index in [-0.39, 0.29) is 6.10 Å². The van der Waals surface area contributed by atoms with Crippen LogP contribution in [0, 0.1) is 5.92 Å². The number of amides is 4. The largest absolute Gasteiger partial charge is 0.474 e. The smallest absolute Gasteiger partial charge is 0.410 e. The van der Waals surface area contributed by atoms with E-state index in [4.69, 9.17) is 21.1 Å². The van der Waals surface area contributed by atoms with Gasteiger partial charge in [-0.25, -0.2) is 18.8 Å². The maximum atomic E-state index is 13.3. The highest BCUT2D eigenvalue weighted by atomic mass is 35.5. The van der Waals surface area contributed by atoms with E-state index in [0.717, 1.165) is 0 Å². The van der Waals surface area contributed by atoms with Crippen molar-refractivity contribution in [3.63, 3.8) is 0 Å². The second-order valence-electron chi connectivity index (χ2n) is 10.8. The average molecular weight is 572 g/mol. The Morgan fingerprint density at radius 3 is 2.34 bits per heavy atom. The fourth-order valence-corrected chi connectivity index (χ4v) is 6.65. The number of imide groups is 1. The summed E-state index contributed by atoms with van der Waals surface area (Å²) in [5.74, 6) is -0.666. The van der Waals surface area contributed by atoms with Crippen molar-refractivity contribution in [3.05, 3.63) is 23.4 Å². The number of carbonyl (C=O) groups excluding carboxylic acids is 3. The predicted octanol–water partition coefficient (Wildman–Crippen LogP) is 2.35. The Bertz CT molecular complexity index is 1070. The van der Waals surface area contributed by atoms with Crippen LogP contribution in [0.15, 0.2) is 18.3 Å². The molecule has 0 spiro atoms. The number of pyridine rings is 1. The fraction of sp³-hybridized carbons (Fsp3) is 0.667. The summed E-state index contributed by atoms with van der Waals surface area (Å²) in [6.45, 7) is 6.68. The lowest BCUT2D eigenvalue weighted by molar-refractivity contribution is -0.129. The van der Waals surface area contributed by atoms with E-state index in [1.807, 2.05) is 0 Å². The van der Waals surface area contributed by atoms with E-state index in [9.17, 15) is 23.1 Å². The number of urea groups is 1. The summed E-state index contributed by atoms with van der Waals surface area (Å²) in [6.07, 6.45) is 2.62. The van der Waals surface area contributed by atoms with Gasteiger partial charge in [-0.3, -0.25) is 15.0 Å². The Kier molecular flexibility index (Phi) is 8.50. The van der Waals surface area contributed by atoms with Gasteiger partial charge in [0.1, 0.15) is 17.1 Å². The van der Waals surface area contributed by atoms with Gasteiger partial charge in [-0.2, -0.15) is 0 Å². The first kappa shape index (κ1) is 28.5. The van der Waals surface area contributed by atoms with Gasteiger partial charge in [0.25, 0.3) is 5.91 Å². The van der Waals surface area contributed by atoms with E-state index >= 15 is 0 Å². The average Bonchev–Trinajstić information content (AvgIpc) is 3.14. The molecule has 4 heterocycles. The second-order valence-corrected chi connectivity index (χ2v) is 12.3. The Balaban J connectivity index is 1.48. The third kappa shape index (κ3) is 6.22. The summed E-state index contributed by atoms with van der Waals surface area (Å²) in [6, 6.07) is 2.66. The number of nitrogens with zero attached hydrogens (tertiary/aromatic N) is 3. The number of likely N-dealkylation sites (tertiary alicyclic amines) is 2. The topological polar surface area (TPSA) is 150 Å². The first-order chi connectivity index (χ1) is 17.9. The van der Waals surface area contributed by atoms with Gasteiger partial charge in [0.15, 0.2) is 16.6 Å². The predicted molar refractivity (Wildman–Crippen MR) is 139 cm³/mol. The van der Waals surface area contributed by atoms with Crippen molar-refractivity contribution >= 4 is 40.7 Å². The van der Waals surface area contributed by atoms with Crippen molar-refractivity contribution in [2.45, 2.75) is 69.1 Å². The molecule has 12 nitrogen and oxygen atoms in total. The van der Waals surface area contributed by atoms with Gasteiger partial charge in [-0.1, -0.05) is 11.6 Å². The lowest BCUT2D eigenvalue weighted by Crippen LogP contribution is -2.69. The Morgan fingerprint density at radius 1 is 1.18 bits per heavy atom. The molecule has 0 bridgehead atoms. The number of carbonyl (C=O) groups is 3. The maximum absolute atomic E-state index is 13.3. The summed E-state index contributed by atoms with van der Waals surface area (Å²) in [7, 11) is 0. The third-order valence-electron chi connectivity index (χ3n) is 7.09. The lowest BCUT2D eigenvalue weighted by Gasteiger charge is -2.47. The van der Waals surface area contributed by atoms with Crippen molar-refractivity contribution in [2.24, 2.45) is 5.92 Å². The Morgan fingerprint density at radius 2 is 1.84 bits per heavy atom. The summed E-state index contributed by atoms with van der Waals surface area (Å²) >= 11 is 3.41. The van der Waals surface area contributed by atoms with Gasteiger partial charge >= 0.3 is 12.1 Å². The van der Waals surface area contributed by atoms with E-state index < -0.39 is 51.5 Å². The van der Waals surface area contributed by atoms with Gasteiger partial charge < -0.3 is 24.2 Å². The zero-order chi connectivity index (χ0) is 27.7. The number of aromatic nitrogens is 1. The molecule has 4 amide bonds. The second kappa shape index (κ2) is 11.3. The van der Waals surface area contributed by atoms with Crippen LogP contribution in [0.4, 0.5) is 9.59 Å². The van der Waals surface area contributed by atoms with Gasteiger partial charge in [0, 0.05) is 38.4 Å². The van der Waals surface area contributed by atoms with Gasteiger partial charge in [0.2, 0.25) is 5.88 Å². The molecule has 38 heavy (non-hydrogen) atoms. The van der Waals surface area contributed by atoms with Crippen LogP contribution in [-0.4, -0.2) is 90.4 Å². The minimum absolute atomic E-state index is 0.173. The number of ether oxygens (including phenoxy) is 2. The van der Waals surface area contributed by atoms with Crippen LogP contribution in [-0.2, 0) is 20.6 Å². The van der Waals surface area contributed by atoms with Crippen molar-refractivity contribution in [1.29, 1.82) is 0 Å². The first-order valence-electron chi connectivity index (χ1n) is 12.6. The minimum atomic E-state index is -2.47. The number of piperidine rings is 2. The molecule has 4 rings (SSSR count). The van der Waals surface area contributed by atoms with Crippen LogP contribution in [0.25, 0.3) is 0 Å². The molecule has 1 aromatic rings. The number of nitrogens with one attached hydrogen (secondary N) is 2. The van der Waals surface area contributed by atoms with Crippen molar-refractivity contribution < 1.29 is 32.6 Å². The molecule has 3 saturated heterocycles. The molecule has 0 radical (unpaired) electrons. The van der Waals surface area contributed by atoms with Crippen LogP contribution < -0.4 is 15.4 Å². The molecule has 3 N–H and O–H groups in total. The molecule has 0 aliphatic carbocycles. The highest BCUT2D eigenvalue weighted by Gasteiger charge is 2.61. The van der Waals surface area contributed by atoms with Crippen LogP contribution >= 0.6 is 11.6 Å². The molecule has 3 fully saturated rings. The van der Waals surface area contributed by atoms with Gasteiger partial charge in [0.05, 0.1) is 5.02 Å². The summed E-state index contributed by atoms with van der Waals surface area (Å²) < 4.78 is 34.7. The molecule has 1 aromatic heterocycles. The molecule has 0 saturated carbocycles. The van der Waals surface area contributed by atoms with E-state index in [2.05, 4.69) is 15.6 Å². The molecule has 3 aliphatic rings. The Labute approximate surface area is 229 Å². The number of hydrogen-bond acceptors (Lipinski definition) is 8. The maximum Gasteiger partial charge on any atom is 0.410 e. The molecule has 3 atom stereocenters. The zero-order valence-electron chi connectivity index (χ0n) is 21.6. The van der Waals surface area contributed by atoms with Crippen molar-refractivity contribution in [3.8, 4) is 5.88 Å². The molecule has 3 unspecified atom stereocenters. The third-order valence-corrected chi connectivity index (χ3v) is 8.37. The first-order valence-corrected chi connectivity index (χ1v) is 14.2. The molecule has 210 valence electrons. The van der Waals surface area contributed by atoms with Crippen molar-refractivity contribution in [2.75, 3.05) is 26.2 Å². The molecule has 3 aliphatic heterocycles. The lowest BCUT2D eigenvalue weighted by atomic mass is 9.76. The highest BCUT2D eigenvalue weighted by Crippen LogP contribution is 2.38. The molecular weight excluding hydrogens is 538 g/mol. The van der Waals surface area contributed by atoms with Crippen LogP contribution in [0.5, 0.6) is 5.88 Å². The van der Waals surface area contributed by atoms with E-state index in [0.29, 0.717) is 62.8 Å². The van der Waals surface area contributed by atoms with Gasteiger partial charge in [-0.05, 0) is 58.4 Å². The van der Waals surface area contributed by atoms with E-state index in [1.165, 1.54) is 6.20 Å². The summed E-state index contributed by atoms with van der Waals surface area (Å²) in [4.78, 5) is 45.7. The zero-order valence-corrected chi connectivity index (χ0v) is 23.2. The molecular formula is C24H34ClN5O7S. The molecule has 14 heteroatoms. The number of halogens is 1. The van der Waals surface area contributed by atoms with Crippen LogP contribution in [0.2, 0.25) is 5.02 Å². The van der Waals surface area contributed by atoms with Crippen molar-refractivity contribution in [1.82, 2.24) is 25.4 Å².